The minimum absolute atomic E-state index is 0.113. The number of carbonyl (C=O) groups is 1. The van der Waals surface area contributed by atoms with Crippen LogP contribution in [0.15, 0.2) is 18.2 Å². The van der Waals surface area contributed by atoms with Crippen molar-refractivity contribution in [1.82, 2.24) is 0 Å². The van der Waals surface area contributed by atoms with Gasteiger partial charge in [-0.3, -0.25) is 0 Å². The zero-order chi connectivity index (χ0) is 13.0. The highest BCUT2D eigenvalue weighted by Gasteiger charge is 2.21. The standard InChI is InChI=1S/C11H12N2O4/c1-17-11(16)6-2-3-8(13)7(4-6)10(15)9(14)5-12/h2-4,9-10,14-15H,13H2,1H3. The molecule has 0 radical (unpaired) electrons. The van der Waals surface area contributed by atoms with Crippen molar-refractivity contribution < 1.29 is 19.7 Å². The van der Waals surface area contributed by atoms with Gasteiger partial charge in [0.1, 0.15) is 6.10 Å². The summed E-state index contributed by atoms with van der Waals surface area (Å²) in [5, 5.41) is 27.3. The van der Waals surface area contributed by atoms with E-state index in [0.29, 0.717) is 0 Å². The van der Waals surface area contributed by atoms with Crippen molar-refractivity contribution in [3.63, 3.8) is 0 Å². The summed E-state index contributed by atoms with van der Waals surface area (Å²) in [7, 11) is 1.22. The predicted octanol–water partition coefficient (Wildman–Crippen LogP) is -0.0267. The average Bonchev–Trinajstić information content (AvgIpc) is 2.36. The van der Waals surface area contributed by atoms with Gasteiger partial charge in [0, 0.05) is 11.3 Å². The maximum Gasteiger partial charge on any atom is 0.337 e. The smallest absolute Gasteiger partial charge is 0.337 e. The van der Waals surface area contributed by atoms with Gasteiger partial charge in [-0.15, -0.1) is 0 Å². The first-order chi connectivity index (χ1) is 8.01. The van der Waals surface area contributed by atoms with Crippen molar-refractivity contribution in [2.75, 3.05) is 12.8 Å². The second-order valence-electron chi connectivity index (χ2n) is 3.35. The fraction of sp³-hybridized carbons (Fsp3) is 0.273. The van der Waals surface area contributed by atoms with E-state index in [-0.39, 0.29) is 16.8 Å². The monoisotopic (exact) mass is 236 g/mol. The maximum absolute atomic E-state index is 11.3. The number of ether oxygens (including phenoxy) is 1. The van der Waals surface area contributed by atoms with Crippen molar-refractivity contribution in [3.8, 4) is 6.07 Å². The molecule has 4 N–H and O–H groups in total. The summed E-state index contributed by atoms with van der Waals surface area (Å²) in [6.07, 6.45) is -3.07. The van der Waals surface area contributed by atoms with E-state index in [1.54, 1.807) is 0 Å². The Labute approximate surface area is 97.9 Å². The molecule has 0 amide bonds. The van der Waals surface area contributed by atoms with Crippen molar-refractivity contribution in [3.05, 3.63) is 29.3 Å². The van der Waals surface area contributed by atoms with E-state index in [1.807, 2.05) is 0 Å². The molecular weight excluding hydrogens is 224 g/mol. The summed E-state index contributed by atoms with van der Waals surface area (Å²) in [6.45, 7) is 0. The number of hydrogen-bond donors (Lipinski definition) is 3. The molecule has 0 saturated heterocycles. The molecule has 0 aliphatic rings. The van der Waals surface area contributed by atoms with E-state index >= 15 is 0 Å². The third-order valence-electron chi connectivity index (χ3n) is 2.26. The maximum atomic E-state index is 11.3. The van der Waals surface area contributed by atoms with E-state index in [2.05, 4.69) is 4.74 Å². The Hall–Kier alpha value is -2.10. The molecule has 1 aromatic carbocycles. The molecule has 0 heterocycles. The van der Waals surface area contributed by atoms with Crippen molar-refractivity contribution in [2.24, 2.45) is 0 Å². The molecule has 17 heavy (non-hydrogen) atoms. The van der Waals surface area contributed by atoms with Gasteiger partial charge in [-0.1, -0.05) is 0 Å². The number of esters is 1. The molecule has 0 aromatic heterocycles. The summed E-state index contributed by atoms with van der Waals surface area (Å²) in [5.74, 6) is -0.593. The van der Waals surface area contributed by atoms with Crippen LogP contribution in [-0.2, 0) is 4.74 Å². The molecular formula is C11H12N2O4. The largest absolute Gasteiger partial charge is 0.465 e. The Kier molecular flexibility index (Phi) is 4.04. The van der Waals surface area contributed by atoms with E-state index < -0.39 is 18.2 Å². The van der Waals surface area contributed by atoms with Crippen LogP contribution in [0.25, 0.3) is 0 Å². The lowest BCUT2D eigenvalue weighted by Gasteiger charge is -2.15. The van der Waals surface area contributed by atoms with Gasteiger partial charge in [-0.05, 0) is 18.2 Å². The number of aliphatic hydroxyl groups excluding tert-OH is 2. The number of nitrogens with zero attached hydrogens (tertiary/aromatic N) is 1. The number of methoxy groups -OCH3 is 1. The molecule has 0 aliphatic heterocycles. The zero-order valence-corrected chi connectivity index (χ0v) is 9.12. The topological polar surface area (TPSA) is 117 Å². The normalized spacial score (nSPS) is 13.5. The van der Waals surface area contributed by atoms with Gasteiger partial charge in [0.15, 0.2) is 6.10 Å². The van der Waals surface area contributed by atoms with Gasteiger partial charge in [0.2, 0.25) is 0 Å². The Bertz CT molecular complexity index is 467. The Balaban J connectivity index is 3.15. The van der Waals surface area contributed by atoms with Crippen molar-refractivity contribution in [1.29, 1.82) is 5.26 Å². The molecule has 1 aromatic rings. The number of carbonyl (C=O) groups excluding carboxylic acids is 1. The van der Waals surface area contributed by atoms with E-state index in [1.165, 1.54) is 31.4 Å². The van der Waals surface area contributed by atoms with Crippen LogP contribution in [0, 0.1) is 11.3 Å². The van der Waals surface area contributed by atoms with Crippen LogP contribution in [0.1, 0.15) is 22.0 Å². The molecule has 90 valence electrons. The minimum Gasteiger partial charge on any atom is -0.465 e. The van der Waals surface area contributed by atoms with Crippen LogP contribution < -0.4 is 5.73 Å². The predicted molar refractivity (Wildman–Crippen MR) is 58.8 cm³/mol. The van der Waals surface area contributed by atoms with Gasteiger partial charge in [-0.25, -0.2) is 4.79 Å². The van der Waals surface area contributed by atoms with E-state index in [0.717, 1.165) is 0 Å². The average molecular weight is 236 g/mol. The highest BCUT2D eigenvalue weighted by atomic mass is 16.5. The molecule has 6 nitrogen and oxygen atoms in total. The SMILES string of the molecule is COC(=O)c1ccc(N)c(C(O)C(O)C#N)c1. The second kappa shape index (κ2) is 5.30. The quantitative estimate of drug-likeness (QED) is 0.385. The highest BCUT2D eigenvalue weighted by Crippen LogP contribution is 2.24. The van der Waals surface area contributed by atoms with E-state index in [4.69, 9.17) is 11.0 Å². The second-order valence-corrected chi connectivity index (χ2v) is 3.35. The summed E-state index contributed by atoms with van der Waals surface area (Å²) in [5.41, 5.74) is 6.07. The molecule has 0 aliphatic carbocycles. The lowest BCUT2D eigenvalue weighted by Crippen LogP contribution is -2.18. The van der Waals surface area contributed by atoms with Crippen LogP contribution >= 0.6 is 0 Å². The number of nitrogens with two attached hydrogens (primary N) is 1. The van der Waals surface area contributed by atoms with Gasteiger partial charge < -0.3 is 20.7 Å². The van der Waals surface area contributed by atoms with Crippen LogP contribution in [0.3, 0.4) is 0 Å². The van der Waals surface area contributed by atoms with Crippen molar-refractivity contribution in [2.45, 2.75) is 12.2 Å². The van der Waals surface area contributed by atoms with Gasteiger partial charge >= 0.3 is 5.97 Å². The Morgan fingerprint density at radius 1 is 1.53 bits per heavy atom. The molecule has 0 spiro atoms. The van der Waals surface area contributed by atoms with Crippen LogP contribution in [-0.4, -0.2) is 29.4 Å². The third-order valence-corrected chi connectivity index (χ3v) is 2.26. The number of hydrogen-bond acceptors (Lipinski definition) is 6. The first-order valence-corrected chi connectivity index (χ1v) is 4.74. The number of benzene rings is 1. The lowest BCUT2D eigenvalue weighted by atomic mass is 10.0. The number of aliphatic hydroxyl groups is 2. The molecule has 1 rings (SSSR count). The molecule has 2 atom stereocenters. The summed E-state index contributed by atoms with van der Waals surface area (Å²) in [4.78, 5) is 11.3. The Morgan fingerprint density at radius 3 is 2.71 bits per heavy atom. The van der Waals surface area contributed by atoms with Crippen LogP contribution in [0.2, 0.25) is 0 Å². The first-order valence-electron chi connectivity index (χ1n) is 4.74. The molecule has 0 saturated carbocycles. The molecule has 0 bridgehead atoms. The molecule has 0 fully saturated rings. The highest BCUT2D eigenvalue weighted by molar-refractivity contribution is 5.90. The minimum atomic E-state index is -1.61. The summed E-state index contributed by atoms with van der Waals surface area (Å²) in [6, 6.07) is 5.60. The number of anilines is 1. The van der Waals surface area contributed by atoms with Gasteiger partial charge in [-0.2, -0.15) is 5.26 Å². The molecule has 2 unspecified atom stereocenters. The van der Waals surface area contributed by atoms with Crippen LogP contribution in [0.4, 0.5) is 5.69 Å². The fourth-order valence-electron chi connectivity index (χ4n) is 1.32. The summed E-state index contributed by atoms with van der Waals surface area (Å²) >= 11 is 0. The lowest BCUT2D eigenvalue weighted by molar-refractivity contribution is 0.0527. The fourth-order valence-corrected chi connectivity index (χ4v) is 1.32. The third kappa shape index (κ3) is 2.72. The van der Waals surface area contributed by atoms with Crippen LogP contribution in [0.5, 0.6) is 0 Å². The zero-order valence-electron chi connectivity index (χ0n) is 9.12. The first kappa shape index (κ1) is 13.0. The summed E-state index contributed by atoms with van der Waals surface area (Å²) < 4.78 is 4.51. The molecule has 6 heteroatoms. The van der Waals surface area contributed by atoms with Gasteiger partial charge in [0.05, 0.1) is 18.7 Å². The number of rotatable bonds is 3. The Morgan fingerprint density at radius 2 is 2.18 bits per heavy atom. The number of nitrogen functional groups attached to an aromatic ring is 1. The number of nitriles is 1. The van der Waals surface area contributed by atoms with Gasteiger partial charge in [0.25, 0.3) is 0 Å². The van der Waals surface area contributed by atoms with Crippen molar-refractivity contribution >= 4 is 11.7 Å². The van der Waals surface area contributed by atoms with E-state index in [9.17, 15) is 15.0 Å².